The van der Waals surface area contributed by atoms with Crippen molar-refractivity contribution in [3.63, 3.8) is 0 Å². The first-order valence-corrected chi connectivity index (χ1v) is 7.75. The van der Waals surface area contributed by atoms with E-state index in [0.717, 1.165) is 38.9 Å². The number of hydrogen-bond acceptors (Lipinski definition) is 5. The Bertz CT molecular complexity index is 544. The number of nitrogens with one attached hydrogen (secondary N) is 1. The number of benzene rings is 1. The van der Waals surface area contributed by atoms with Crippen LogP contribution in [0.25, 0.3) is 0 Å². The molecule has 0 amide bonds. The summed E-state index contributed by atoms with van der Waals surface area (Å²) in [5, 5.41) is 13.1. The number of rotatable bonds is 6. The van der Waals surface area contributed by atoms with Crippen LogP contribution in [0.4, 0.5) is 5.13 Å². The van der Waals surface area contributed by atoms with Crippen molar-refractivity contribution in [2.75, 3.05) is 11.9 Å². The molecule has 0 bridgehead atoms. The van der Waals surface area contributed by atoms with E-state index in [2.05, 4.69) is 38.4 Å². The maximum absolute atomic E-state index is 5.70. The van der Waals surface area contributed by atoms with Crippen LogP contribution < -0.4 is 10.1 Å². The fraction of sp³-hybridized carbons (Fsp3) is 0.385. The number of nitrogens with zero attached hydrogens (tertiary/aromatic N) is 2. The van der Waals surface area contributed by atoms with Gasteiger partial charge in [-0.25, -0.2) is 0 Å². The Morgan fingerprint density at radius 1 is 1.37 bits per heavy atom. The van der Waals surface area contributed by atoms with E-state index < -0.39 is 0 Å². The quantitative estimate of drug-likeness (QED) is 0.862. The molecule has 1 heterocycles. The highest BCUT2D eigenvalue weighted by Crippen LogP contribution is 2.23. The maximum Gasteiger partial charge on any atom is 0.205 e. The van der Waals surface area contributed by atoms with E-state index in [0.29, 0.717) is 6.61 Å². The third-order valence-corrected chi connectivity index (χ3v) is 4.23. The Balaban J connectivity index is 1.91. The lowest BCUT2D eigenvalue weighted by atomic mass is 10.2. The van der Waals surface area contributed by atoms with Crippen LogP contribution in [-0.2, 0) is 6.61 Å². The smallest absolute Gasteiger partial charge is 0.205 e. The van der Waals surface area contributed by atoms with Crippen LogP contribution in [0.15, 0.2) is 22.7 Å². The topological polar surface area (TPSA) is 47.0 Å². The van der Waals surface area contributed by atoms with E-state index >= 15 is 0 Å². The fourth-order valence-electron chi connectivity index (χ4n) is 1.47. The molecule has 0 unspecified atom stereocenters. The summed E-state index contributed by atoms with van der Waals surface area (Å²) in [5.41, 5.74) is 1.15. The van der Waals surface area contributed by atoms with Gasteiger partial charge in [0.2, 0.25) is 5.13 Å². The third-order valence-electron chi connectivity index (χ3n) is 2.48. The van der Waals surface area contributed by atoms with Crippen molar-refractivity contribution in [2.45, 2.75) is 26.9 Å². The molecule has 1 N–H and O–H groups in total. The predicted octanol–water partition coefficient (Wildman–Crippen LogP) is 4.01. The minimum atomic E-state index is 0.451. The molecule has 102 valence electrons. The highest BCUT2D eigenvalue weighted by Gasteiger charge is 2.05. The molecule has 0 radical (unpaired) electrons. The maximum atomic E-state index is 5.70. The molecule has 0 saturated heterocycles. The standard InChI is InChI=1S/C13H16BrN3OS/c1-3-6-15-13-17-16-12(19-13)8-18-10-4-5-11(14)9(2)7-10/h4-5,7H,3,6,8H2,1-2H3,(H,15,17). The third kappa shape index (κ3) is 4.18. The number of ether oxygens (including phenoxy) is 1. The molecule has 0 atom stereocenters. The van der Waals surface area contributed by atoms with Gasteiger partial charge >= 0.3 is 0 Å². The predicted molar refractivity (Wildman–Crippen MR) is 81.9 cm³/mol. The van der Waals surface area contributed by atoms with E-state index in [1.807, 2.05) is 25.1 Å². The molecule has 0 saturated carbocycles. The molecule has 0 aliphatic carbocycles. The van der Waals surface area contributed by atoms with Crippen molar-refractivity contribution < 1.29 is 4.74 Å². The second kappa shape index (κ2) is 6.86. The van der Waals surface area contributed by atoms with Crippen molar-refractivity contribution in [3.8, 4) is 5.75 Å². The molecule has 0 aliphatic heterocycles. The minimum absolute atomic E-state index is 0.451. The van der Waals surface area contributed by atoms with Crippen LogP contribution in [0, 0.1) is 6.92 Å². The SMILES string of the molecule is CCCNc1nnc(COc2ccc(Br)c(C)c2)s1. The first kappa shape index (κ1) is 14.3. The van der Waals surface area contributed by atoms with E-state index in [9.17, 15) is 0 Å². The summed E-state index contributed by atoms with van der Waals surface area (Å²) >= 11 is 5.00. The Morgan fingerprint density at radius 2 is 2.21 bits per heavy atom. The first-order valence-electron chi connectivity index (χ1n) is 6.14. The molecule has 1 aromatic carbocycles. The molecule has 2 rings (SSSR count). The fourth-order valence-corrected chi connectivity index (χ4v) is 2.39. The van der Waals surface area contributed by atoms with Crippen LogP contribution >= 0.6 is 27.3 Å². The van der Waals surface area contributed by atoms with Crippen molar-refractivity contribution >= 4 is 32.4 Å². The summed E-state index contributed by atoms with van der Waals surface area (Å²) in [6.07, 6.45) is 1.07. The van der Waals surface area contributed by atoms with E-state index in [1.165, 1.54) is 11.3 Å². The zero-order valence-corrected chi connectivity index (χ0v) is 13.3. The van der Waals surface area contributed by atoms with Gasteiger partial charge in [-0.3, -0.25) is 0 Å². The summed E-state index contributed by atoms with van der Waals surface area (Å²) < 4.78 is 6.79. The van der Waals surface area contributed by atoms with Crippen LogP contribution in [0.5, 0.6) is 5.75 Å². The lowest BCUT2D eigenvalue weighted by Crippen LogP contribution is -1.98. The van der Waals surface area contributed by atoms with Crippen LogP contribution in [0.1, 0.15) is 23.9 Å². The summed E-state index contributed by atoms with van der Waals surface area (Å²) in [4.78, 5) is 0. The molecule has 19 heavy (non-hydrogen) atoms. The molecule has 6 heteroatoms. The highest BCUT2D eigenvalue weighted by molar-refractivity contribution is 9.10. The second-order valence-corrected chi connectivity index (χ2v) is 6.04. The Kier molecular flexibility index (Phi) is 5.15. The van der Waals surface area contributed by atoms with Gasteiger partial charge in [-0.1, -0.05) is 34.2 Å². The monoisotopic (exact) mass is 341 g/mol. The van der Waals surface area contributed by atoms with E-state index in [4.69, 9.17) is 4.74 Å². The largest absolute Gasteiger partial charge is 0.486 e. The summed E-state index contributed by atoms with van der Waals surface area (Å²) in [6.45, 7) is 5.52. The van der Waals surface area contributed by atoms with Crippen molar-refractivity contribution in [3.05, 3.63) is 33.2 Å². The summed E-state index contributed by atoms with van der Waals surface area (Å²) in [7, 11) is 0. The highest BCUT2D eigenvalue weighted by atomic mass is 79.9. The second-order valence-electron chi connectivity index (χ2n) is 4.13. The van der Waals surface area contributed by atoms with E-state index in [-0.39, 0.29) is 0 Å². The van der Waals surface area contributed by atoms with Crippen molar-refractivity contribution in [1.82, 2.24) is 10.2 Å². The summed E-state index contributed by atoms with van der Waals surface area (Å²) in [6, 6.07) is 5.93. The lowest BCUT2D eigenvalue weighted by molar-refractivity contribution is 0.304. The van der Waals surface area contributed by atoms with E-state index in [1.54, 1.807) is 0 Å². The van der Waals surface area contributed by atoms with Crippen molar-refractivity contribution in [2.24, 2.45) is 0 Å². The molecule has 4 nitrogen and oxygen atoms in total. The number of aromatic nitrogens is 2. The van der Waals surface area contributed by atoms with Gasteiger partial charge in [0, 0.05) is 11.0 Å². The van der Waals surface area contributed by atoms with Crippen molar-refractivity contribution in [1.29, 1.82) is 0 Å². The van der Waals surface area contributed by atoms with Gasteiger partial charge in [-0.15, -0.1) is 10.2 Å². The molecular weight excluding hydrogens is 326 g/mol. The average Bonchev–Trinajstić information content (AvgIpc) is 2.86. The Labute approximate surface area is 125 Å². The number of halogens is 1. The van der Waals surface area contributed by atoms with Gasteiger partial charge < -0.3 is 10.1 Å². The van der Waals surface area contributed by atoms with Crippen LogP contribution in [0.2, 0.25) is 0 Å². The average molecular weight is 342 g/mol. The number of aryl methyl sites for hydroxylation is 1. The molecule has 0 spiro atoms. The zero-order chi connectivity index (χ0) is 13.7. The number of anilines is 1. The minimum Gasteiger partial charge on any atom is -0.486 e. The molecule has 0 aliphatic rings. The normalized spacial score (nSPS) is 10.5. The van der Waals surface area contributed by atoms with Gasteiger partial charge in [0.05, 0.1) is 0 Å². The molecule has 1 aromatic heterocycles. The van der Waals surface area contributed by atoms with Crippen LogP contribution in [0.3, 0.4) is 0 Å². The van der Waals surface area contributed by atoms with Gasteiger partial charge in [0.1, 0.15) is 12.4 Å². The summed E-state index contributed by atoms with van der Waals surface area (Å²) in [5.74, 6) is 0.846. The van der Waals surface area contributed by atoms with Gasteiger partial charge in [0.25, 0.3) is 0 Å². The number of hydrogen-bond donors (Lipinski definition) is 1. The zero-order valence-electron chi connectivity index (χ0n) is 10.9. The molecular formula is C13H16BrN3OS. The van der Waals surface area contributed by atoms with Gasteiger partial charge in [-0.05, 0) is 37.1 Å². The van der Waals surface area contributed by atoms with Crippen LogP contribution in [-0.4, -0.2) is 16.7 Å². The lowest BCUT2D eigenvalue weighted by Gasteiger charge is -2.05. The van der Waals surface area contributed by atoms with Gasteiger partial charge in [-0.2, -0.15) is 0 Å². The van der Waals surface area contributed by atoms with Gasteiger partial charge in [0.15, 0.2) is 5.01 Å². The Hall–Kier alpha value is -1.14. The first-order chi connectivity index (χ1) is 9.19. The molecule has 0 fully saturated rings. The molecule has 2 aromatic rings. The Morgan fingerprint density at radius 3 is 2.95 bits per heavy atom.